The Hall–Kier alpha value is -1.34. The summed E-state index contributed by atoms with van der Waals surface area (Å²) in [5, 5.41) is 8.89. The third-order valence-corrected chi connectivity index (χ3v) is 5.04. The Morgan fingerprint density at radius 2 is 1.75 bits per heavy atom. The van der Waals surface area contributed by atoms with Gasteiger partial charge in [-0.1, -0.05) is 6.07 Å². The number of nitriles is 1. The molecule has 0 aromatic heterocycles. The van der Waals surface area contributed by atoms with Crippen molar-refractivity contribution in [3.63, 3.8) is 0 Å². The van der Waals surface area contributed by atoms with Gasteiger partial charge in [-0.2, -0.15) is 5.26 Å². The minimum Gasteiger partial charge on any atom is -0.222 e. The first kappa shape index (κ1) is 12.7. The molecular weight excluding hydrogens is 222 g/mol. The van der Waals surface area contributed by atoms with Gasteiger partial charge in [-0.25, -0.2) is 8.42 Å². The van der Waals surface area contributed by atoms with Gasteiger partial charge < -0.3 is 0 Å². The maximum absolute atomic E-state index is 12.1. The van der Waals surface area contributed by atoms with Crippen LogP contribution in [0.15, 0.2) is 23.1 Å². The summed E-state index contributed by atoms with van der Waals surface area (Å²) in [6, 6.07) is 6.75. The van der Waals surface area contributed by atoms with Crippen LogP contribution in [0.4, 0.5) is 0 Å². The van der Waals surface area contributed by atoms with Gasteiger partial charge in [-0.05, 0) is 51.0 Å². The predicted molar refractivity (Wildman–Crippen MR) is 62.8 cm³/mol. The third-order valence-electron chi connectivity index (χ3n) is 2.73. The van der Waals surface area contributed by atoms with E-state index < -0.39 is 14.6 Å². The van der Waals surface area contributed by atoms with Crippen molar-refractivity contribution in [2.75, 3.05) is 0 Å². The Labute approximate surface area is 96.6 Å². The van der Waals surface area contributed by atoms with E-state index in [1.165, 1.54) is 13.8 Å². The van der Waals surface area contributed by atoms with Crippen LogP contribution in [-0.4, -0.2) is 13.2 Å². The average Bonchev–Trinajstić information content (AvgIpc) is 2.21. The summed E-state index contributed by atoms with van der Waals surface area (Å²) >= 11 is 0. The molecular formula is C12H15NO2S. The Morgan fingerprint density at radius 3 is 2.19 bits per heavy atom. The van der Waals surface area contributed by atoms with E-state index in [-0.39, 0.29) is 4.90 Å². The Morgan fingerprint density at radius 1 is 1.19 bits per heavy atom. The van der Waals surface area contributed by atoms with Crippen molar-refractivity contribution in [1.29, 1.82) is 5.26 Å². The molecule has 1 aromatic rings. The van der Waals surface area contributed by atoms with Crippen molar-refractivity contribution >= 4 is 9.84 Å². The van der Waals surface area contributed by atoms with E-state index in [1.807, 2.05) is 19.9 Å². The molecule has 0 aliphatic rings. The molecule has 86 valence electrons. The molecule has 0 aliphatic carbocycles. The summed E-state index contributed by atoms with van der Waals surface area (Å²) in [6.07, 6.45) is 0. The lowest BCUT2D eigenvalue weighted by molar-refractivity contribution is 0.574. The van der Waals surface area contributed by atoms with Gasteiger partial charge in [0, 0.05) is 0 Å². The van der Waals surface area contributed by atoms with Crippen LogP contribution in [0.1, 0.15) is 25.0 Å². The number of sulfone groups is 1. The molecule has 0 unspecified atom stereocenters. The van der Waals surface area contributed by atoms with E-state index in [9.17, 15) is 8.42 Å². The van der Waals surface area contributed by atoms with Crippen molar-refractivity contribution < 1.29 is 8.42 Å². The minimum atomic E-state index is -3.59. The first-order chi connectivity index (χ1) is 7.22. The number of benzene rings is 1. The highest BCUT2D eigenvalue weighted by molar-refractivity contribution is 7.93. The first-order valence-corrected chi connectivity index (χ1v) is 6.44. The largest absolute Gasteiger partial charge is 0.222 e. The van der Waals surface area contributed by atoms with Crippen LogP contribution in [0.3, 0.4) is 0 Å². The number of hydrogen-bond donors (Lipinski definition) is 0. The SMILES string of the molecule is Cc1ccc(S(=O)(=O)C(C)(C)C#N)cc1C. The lowest BCUT2D eigenvalue weighted by Gasteiger charge is -2.17. The lowest BCUT2D eigenvalue weighted by Crippen LogP contribution is -2.30. The summed E-state index contributed by atoms with van der Waals surface area (Å²) < 4.78 is 22.9. The fraction of sp³-hybridized carbons (Fsp3) is 0.417. The van der Waals surface area contributed by atoms with Gasteiger partial charge in [0.1, 0.15) is 0 Å². The van der Waals surface area contributed by atoms with Gasteiger partial charge in [-0.15, -0.1) is 0 Å². The molecule has 16 heavy (non-hydrogen) atoms. The van der Waals surface area contributed by atoms with Gasteiger partial charge >= 0.3 is 0 Å². The second-order valence-corrected chi connectivity index (χ2v) is 6.87. The van der Waals surface area contributed by atoms with Gasteiger partial charge in [0.15, 0.2) is 14.6 Å². The van der Waals surface area contributed by atoms with E-state index >= 15 is 0 Å². The lowest BCUT2D eigenvalue weighted by atomic mass is 10.1. The van der Waals surface area contributed by atoms with E-state index in [2.05, 4.69) is 0 Å². The number of hydrogen-bond acceptors (Lipinski definition) is 3. The van der Waals surface area contributed by atoms with Crippen LogP contribution in [0.5, 0.6) is 0 Å². The molecule has 0 spiro atoms. The number of aryl methyl sites for hydroxylation is 2. The zero-order chi connectivity index (χ0) is 12.6. The fourth-order valence-corrected chi connectivity index (χ4v) is 2.52. The molecule has 0 fully saturated rings. The molecule has 0 aliphatic heterocycles. The molecule has 1 aromatic carbocycles. The molecule has 0 bridgehead atoms. The van der Waals surface area contributed by atoms with Crippen molar-refractivity contribution in [1.82, 2.24) is 0 Å². The topological polar surface area (TPSA) is 57.9 Å². The quantitative estimate of drug-likeness (QED) is 0.793. The maximum Gasteiger partial charge on any atom is 0.196 e. The molecule has 0 saturated heterocycles. The molecule has 1 rings (SSSR count). The maximum atomic E-state index is 12.1. The summed E-state index contributed by atoms with van der Waals surface area (Å²) in [5.74, 6) is 0. The number of nitrogens with zero attached hydrogens (tertiary/aromatic N) is 1. The second-order valence-electron chi connectivity index (χ2n) is 4.37. The zero-order valence-corrected chi connectivity index (χ0v) is 10.7. The summed E-state index contributed by atoms with van der Waals surface area (Å²) in [7, 11) is -3.59. The molecule has 0 N–H and O–H groups in total. The standard InChI is InChI=1S/C12H15NO2S/c1-9-5-6-11(7-10(9)2)16(14,15)12(3,4)8-13/h5-7H,1-4H3. The van der Waals surface area contributed by atoms with Gasteiger partial charge in [-0.3, -0.25) is 0 Å². The van der Waals surface area contributed by atoms with Gasteiger partial charge in [0.25, 0.3) is 0 Å². The molecule has 0 radical (unpaired) electrons. The summed E-state index contributed by atoms with van der Waals surface area (Å²) in [6.45, 7) is 6.60. The van der Waals surface area contributed by atoms with Crippen molar-refractivity contribution in [3.8, 4) is 6.07 Å². The second kappa shape index (κ2) is 3.91. The molecule has 0 saturated carbocycles. The number of rotatable bonds is 2. The molecule has 4 heteroatoms. The molecule has 3 nitrogen and oxygen atoms in total. The molecule has 0 atom stereocenters. The highest BCUT2D eigenvalue weighted by Crippen LogP contribution is 2.26. The first-order valence-electron chi connectivity index (χ1n) is 4.95. The van der Waals surface area contributed by atoms with Gasteiger partial charge in [0.2, 0.25) is 0 Å². The van der Waals surface area contributed by atoms with E-state index in [0.717, 1.165) is 11.1 Å². The summed E-state index contributed by atoms with van der Waals surface area (Å²) in [5.41, 5.74) is 1.95. The van der Waals surface area contributed by atoms with Crippen molar-refractivity contribution in [3.05, 3.63) is 29.3 Å². The van der Waals surface area contributed by atoms with Crippen molar-refractivity contribution in [2.45, 2.75) is 37.3 Å². The Bertz CT molecular complexity index is 551. The Balaban J connectivity index is 3.41. The predicted octanol–water partition coefficient (Wildman–Crippen LogP) is 2.38. The van der Waals surface area contributed by atoms with E-state index in [1.54, 1.807) is 18.2 Å². The van der Waals surface area contributed by atoms with Crippen LogP contribution in [0, 0.1) is 25.2 Å². The van der Waals surface area contributed by atoms with E-state index in [0.29, 0.717) is 0 Å². The normalized spacial score (nSPS) is 12.2. The minimum absolute atomic E-state index is 0.210. The zero-order valence-electron chi connectivity index (χ0n) is 9.90. The summed E-state index contributed by atoms with van der Waals surface area (Å²) in [4.78, 5) is 0.210. The third kappa shape index (κ3) is 1.96. The van der Waals surface area contributed by atoms with Crippen LogP contribution in [0.25, 0.3) is 0 Å². The van der Waals surface area contributed by atoms with Crippen LogP contribution in [-0.2, 0) is 9.84 Å². The van der Waals surface area contributed by atoms with Crippen LogP contribution in [0.2, 0.25) is 0 Å². The fourth-order valence-electron chi connectivity index (χ4n) is 1.24. The average molecular weight is 237 g/mol. The van der Waals surface area contributed by atoms with Crippen LogP contribution >= 0.6 is 0 Å². The van der Waals surface area contributed by atoms with Crippen LogP contribution < -0.4 is 0 Å². The van der Waals surface area contributed by atoms with E-state index in [4.69, 9.17) is 5.26 Å². The highest BCUT2D eigenvalue weighted by Gasteiger charge is 2.35. The highest BCUT2D eigenvalue weighted by atomic mass is 32.2. The monoisotopic (exact) mass is 237 g/mol. The molecule has 0 heterocycles. The smallest absolute Gasteiger partial charge is 0.196 e. The van der Waals surface area contributed by atoms with Crippen molar-refractivity contribution in [2.24, 2.45) is 0 Å². The Kier molecular flexibility index (Phi) is 3.11. The molecule has 0 amide bonds. The van der Waals surface area contributed by atoms with Gasteiger partial charge in [0.05, 0.1) is 11.0 Å².